The highest BCUT2D eigenvalue weighted by atomic mass is 16.5. The molecule has 2 heterocycles. The van der Waals surface area contributed by atoms with E-state index >= 15 is 0 Å². The van der Waals surface area contributed by atoms with Crippen molar-refractivity contribution < 1.29 is 9.53 Å². The summed E-state index contributed by atoms with van der Waals surface area (Å²) in [5.41, 5.74) is 6.18. The number of ether oxygens (including phenoxy) is 1. The van der Waals surface area contributed by atoms with Gasteiger partial charge in [0.2, 0.25) is 0 Å². The molecule has 1 aliphatic heterocycles. The number of nitrogens with two attached hydrogens (primary N) is 1. The van der Waals surface area contributed by atoms with Gasteiger partial charge in [0.05, 0.1) is 6.54 Å². The molecule has 3 N–H and O–H groups in total. The first-order valence-electron chi connectivity index (χ1n) is 7.31. The molecule has 7 nitrogen and oxygen atoms in total. The number of primary amides is 1. The molecule has 1 aromatic heterocycles. The topological polar surface area (TPSA) is 95.1 Å². The molecule has 0 saturated carbocycles. The molecule has 7 heteroatoms. The van der Waals surface area contributed by atoms with E-state index in [1.165, 1.54) is 0 Å². The minimum Gasteiger partial charge on any atom is -0.484 e. The number of rotatable bonds is 6. The van der Waals surface area contributed by atoms with Gasteiger partial charge in [0.1, 0.15) is 17.9 Å². The summed E-state index contributed by atoms with van der Waals surface area (Å²) < 4.78 is 7.26. The van der Waals surface area contributed by atoms with Gasteiger partial charge in [-0.3, -0.25) is 4.79 Å². The van der Waals surface area contributed by atoms with Gasteiger partial charge in [0, 0.05) is 19.0 Å². The van der Waals surface area contributed by atoms with Crippen LogP contribution in [-0.2, 0) is 24.3 Å². The molecule has 2 aromatic rings. The van der Waals surface area contributed by atoms with Crippen molar-refractivity contribution in [2.75, 3.05) is 6.61 Å². The average molecular weight is 301 g/mol. The van der Waals surface area contributed by atoms with Crippen LogP contribution in [0.3, 0.4) is 0 Å². The maximum Gasteiger partial charge on any atom is 0.255 e. The third-order valence-electron chi connectivity index (χ3n) is 3.68. The van der Waals surface area contributed by atoms with Crippen LogP contribution in [0, 0.1) is 0 Å². The summed E-state index contributed by atoms with van der Waals surface area (Å²) in [7, 11) is 0. The van der Waals surface area contributed by atoms with Crippen LogP contribution >= 0.6 is 0 Å². The monoisotopic (exact) mass is 301 g/mol. The molecule has 1 atom stereocenters. The Morgan fingerprint density at radius 2 is 2.41 bits per heavy atom. The van der Waals surface area contributed by atoms with Gasteiger partial charge in [-0.25, -0.2) is 9.67 Å². The van der Waals surface area contributed by atoms with E-state index in [1.807, 2.05) is 28.9 Å². The number of amides is 1. The fourth-order valence-corrected chi connectivity index (χ4v) is 2.57. The lowest BCUT2D eigenvalue weighted by Crippen LogP contribution is -2.37. The summed E-state index contributed by atoms with van der Waals surface area (Å²) in [5.74, 6) is 1.23. The first-order valence-corrected chi connectivity index (χ1v) is 7.31. The summed E-state index contributed by atoms with van der Waals surface area (Å²) in [6, 6.07) is 8.04. The van der Waals surface area contributed by atoms with Crippen molar-refractivity contribution in [3.63, 3.8) is 0 Å². The number of aromatic nitrogens is 3. The van der Waals surface area contributed by atoms with Gasteiger partial charge in [-0.05, 0) is 24.1 Å². The second kappa shape index (κ2) is 6.57. The number of aryl methyl sites for hydroxylation is 1. The van der Waals surface area contributed by atoms with Crippen molar-refractivity contribution in [3.05, 3.63) is 42.0 Å². The van der Waals surface area contributed by atoms with Crippen LogP contribution in [-0.4, -0.2) is 33.3 Å². The molecule has 0 radical (unpaired) electrons. The fraction of sp³-hybridized carbons (Fsp3) is 0.400. The van der Waals surface area contributed by atoms with Gasteiger partial charge in [-0.1, -0.05) is 12.1 Å². The summed E-state index contributed by atoms with van der Waals surface area (Å²) in [6.45, 7) is 1.48. The smallest absolute Gasteiger partial charge is 0.255 e. The molecule has 1 aliphatic rings. The van der Waals surface area contributed by atoms with E-state index in [0.29, 0.717) is 11.8 Å². The predicted molar refractivity (Wildman–Crippen MR) is 80.1 cm³/mol. The molecule has 0 saturated heterocycles. The van der Waals surface area contributed by atoms with Crippen molar-refractivity contribution in [2.24, 2.45) is 5.73 Å². The second-order valence-corrected chi connectivity index (χ2v) is 5.38. The molecule has 0 aliphatic carbocycles. The Morgan fingerprint density at radius 3 is 3.27 bits per heavy atom. The SMILES string of the molecule is NC(=O)COc1cccc(CNC2CCc3ncnn3C2)c1. The van der Waals surface area contributed by atoms with Crippen molar-refractivity contribution >= 4 is 5.91 Å². The molecular weight excluding hydrogens is 282 g/mol. The molecule has 22 heavy (non-hydrogen) atoms. The molecule has 1 amide bonds. The van der Waals surface area contributed by atoms with E-state index in [1.54, 1.807) is 6.33 Å². The van der Waals surface area contributed by atoms with Gasteiger partial charge in [0.15, 0.2) is 6.61 Å². The zero-order valence-corrected chi connectivity index (χ0v) is 12.2. The molecule has 0 spiro atoms. The van der Waals surface area contributed by atoms with Crippen molar-refractivity contribution in [2.45, 2.75) is 32.0 Å². The molecule has 0 fully saturated rings. The minimum absolute atomic E-state index is 0.103. The Labute approximate surface area is 128 Å². The number of fused-ring (bicyclic) bond motifs is 1. The number of hydrogen-bond acceptors (Lipinski definition) is 5. The highest BCUT2D eigenvalue weighted by Gasteiger charge is 2.19. The van der Waals surface area contributed by atoms with Gasteiger partial charge < -0.3 is 15.8 Å². The number of nitrogens with zero attached hydrogens (tertiary/aromatic N) is 3. The fourth-order valence-electron chi connectivity index (χ4n) is 2.57. The van der Waals surface area contributed by atoms with Crippen LogP contribution in [0.15, 0.2) is 30.6 Å². The van der Waals surface area contributed by atoms with E-state index in [-0.39, 0.29) is 6.61 Å². The van der Waals surface area contributed by atoms with Crippen molar-refractivity contribution in [1.82, 2.24) is 20.1 Å². The number of benzene rings is 1. The van der Waals surface area contributed by atoms with E-state index in [2.05, 4.69) is 15.4 Å². The number of carbonyl (C=O) groups is 1. The quantitative estimate of drug-likeness (QED) is 0.797. The molecular formula is C15H19N5O2. The van der Waals surface area contributed by atoms with E-state index < -0.39 is 5.91 Å². The lowest BCUT2D eigenvalue weighted by Gasteiger charge is -2.23. The summed E-state index contributed by atoms with van der Waals surface area (Å²) in [6.07, 6.45) is 3.60. The first-order chi connectivity index (χ1) is 10.7. The molecule has 3 rings (SSSR count). The lowest BCUT2D eigenvalue weighted by atomic mass is 10.1. The maximum atomic E-state index is 10.7. The molecule has 1 unspecified atom stereocenters. The van der Waals surface area contributed by atoms with E-state index in [4.69, 9.17) is 10.5 Å². The van der Waals surface area contributed by atoms with E-state index in [9.17, 15) is 4.79 Å². The Bertz CT molecular complexity index is 655. The third-order valence-corrected chi connectivity index (χ3v) is 3.68. The highest BCUT2D eigenvalue weighted by molar-refractivity contribution is 5.75. The van der Waals surface area contributed by atoms with Crippen LogP contribution in [0.4, 0.5) is 0 Å². The van der Waals surface area contributed by atoms with Crippen LogP contribution in [0.1, 0.15) is 17.8 Å². The standard InChI is InChI=1S/C15H19N5O2/c16-14(21)9-22-13-3-1-2-11(6-13)7-17-12-4-5-15-18-10-19-20(15)8-12/h1-3,6,10,12,17H,4-5,7-9H2,(H2,16,21). The summed E-state index contributed by atoms with van der Waals surface area (Å²) >= 11 is 0. The minimum atomic E-state index is -0.477. The Hall–Kier alpha value is -2.41. The third kappa shape index (κ3) is 3.62. The van der Waals surface area contributed by atoms with Crippen LogP contribution in [0.25, 0.3) is 0 Å². The second-order valence-electron chi connectivity index (χ2n) is 5.38. The normalized spacial score (nSPS) is 17.0. The molecule has 116 valence electrons. The average Bonchev–Trinajstić information content (AvgIpc) is 2.99. The Balaban J connectivity index is 1.53. The van der Waals surface area contributed by atoms with Gasteiger partial charge in [-0.2, -0.15) is 5.10 Å². The van der Waals surface area contributed by atoms with Crippen LogP contribution in [0.2, 0.25) is 0 Å². The highest BCUT2D eigenvalue weighted by Crippen LogP contribution is 2.15. The number of nitrogens with one attached hydrogen (secondary N) is 1. The molecule has 0 bridgehead atoms. The zero-order valence-electron chi connectivity index (χ0n) is 12.2. The Morgan fingerprint density at radius 1 is 1.50 bits per heavy atom. The Kier molecular flexibility index (Phi) is 4.34. The number of hydrogen-bond donors (Lipinski definition) is 2. The predicted octanol–water partition coefficient (Wildman–Crippen LogP) is 0.247. The largest absolute Gasteiger partial charge is 0.484 e. The van der Waals surface area contributed by atoms with Gasteiger partial charge >= 0.3 is 0 Å². The van der Waals surface area contributed by atoms with Crippen molar-refractivity contribution in [3.8, 4) is 5.75 Å². The van der Waals surface area contributed by atoms with Crippen LogP contribution in [0.5, 0.6) is 5.75 Å². The lowest BCUT2D eigenvalue weighted by molar-refractivity contribution is -0.119. The van der Waals surface area contributed by atoms with Gasteiger partial charge in [0.25, 0.3) is 5.91 Å². The van der Waals surface area contributed by atoms with Crippen molar-refractivity contribution in [1.29, 1.82) is 0 Å². The maximum absolute atomic E-state index is 10.7. The van der Waals surface area contributed by atoms with Gasteiger partial charge in [-0.15, -0.1) is 0 Å². The summed E-state index contributed by atoms with van der Waals surface area (Å²) in [4.78, 5) is 15.0. The van der Waals surface area contributed by atoms with E-state index in [0.717, 1.165) is 37.3 Å². The van der Waals surface area contributed by atoms with Crippen LogP contribution < -0.4 is 15.8 Å². The zero-order chi connectivity index (χ0) is 15.4. The molecule has 1 aromatic carbocycles. The number of carbonyl (C=O) groups excluding carboxylic acids is 1. The first kappa shape index (κ1) is 14.5. The summed E-state index contributed by atoms with van der Waals surface area (Å²) in [5, 5.41) is 7.74.